The van der Waals surface area contributed by atoms with Gasteiger partial charge in [0.1, 0.15) is 11.3 Å². The van der Waals surface area contributed by atoms with E-state index in [1.807, 2.05) is 35.7 Å². The van der Waals surface area contributed by atoms with Crippen molar-refractivity contribution in [1.82, 2.24) is 14.7 Å². The third-order valence-corrected chi connectivity index (χ3v) is 4.35. The van der Waals surface area contributed by atoms with Gasteiger partial charge in [0.25, 0.3) is 5.91 Å². The second-order valence-electron chi connectivity index (χ2n) is 5.82. The Kier molecular flexibility index (Phi) is 3.47. The van der Waals surface area contributed by atoms with E-state index in [0.717, 1.165) is 17.8 Å². The minimum atomic E-state index is -0.0000463. The van der Waals surface area contributed by atoms with Crippen LogP contribution in [-0.4, -0.2) is 21.3 Å². The van der Waals surface area contributed by atoms with Crippen LogP contribution in [0.1, 0.15) is 48.8 Å². The minimum Gasteiger partial charge on any atom is -0.348 e. The molecule has 0 bridgehead atoms. The van der Waals surface area contributed by atoms with E-state index in [4.69, 9.17) is 0 Å². The average Bonchev–Trinajstić information content (AvgIpc) is 2.77. The summed E-state index contributed by atoms with van der Waals surface area (Å²) >= 11 is 0. The van der Waals surface area contributed by atoms with Crippen molar-refractivity contribution in [2.75, 3.05) is 0 Å². The van der Waals surface area contributed by atoms with Crippen LogP contribution in [0.15, 0.2) is 24.4 Å². The topological polar surface area (TPSA) is 46.4 Å². The van der Waals surface area contributed by atoms with Crippen molar-refractivity contribution in [2.45, 2.75) is 45.6 Å². The number of carbonyl (C=O) groups excluding carboxylic acids is 1. The molecule has 2 aromatic rings. The number of rotatable bonds is 2. The number of nitrogens with zero attached hydrogens (tertiary/aromatic N) is 2. The Labute approximate surface area is 119 Å². The van der Waals surface area contributed by atoms with Gasteiger partial charge in [-0.3, -0.25) is 9.20 Å². The largest absolute Gasteiger partial charge is 0.348 e. The van der Waals surface area contributed by atoms with Gasteiger partial charge in [0.05, 0.1) is 5.69 Å². The van der Waals surface area contributed by atoms with Crippen LogP contribution in [0.5, 0.6) is 0 Å². The summed E-state index contributed by atoms with van der Waals surface area (Å²) in [5, 5.41) is 3.20. The Balaban J connectivity index is 1.87. The average molecular weight is 271 g/mol. The Morgan fingerprint density at radius 1 is 1.35 bits per heavy atom. The Morgan fingerprint density at radius 2 is 2.15 bits per heavy atom. The number of hydrogen-bond donors (Lipinski definition) is 1. The first kappa shape index (κ1) is 13.2. The lowest BCUT2D eigenvalue weighted by Gasteiger charge is -2.29. The highest BCUT2D eigenvalue weighted by molar-refractivity contribution is 5.94. The van der Waals surface area contributed by atoms with Crippen LogP contribution in [0.4, 0.5) is 0 Å². The first-order valence-corrected chi connectivity index (χ1v) is 7.41. The van der Waals surface area contributed by atoms with E-state index in [2.05, 4.69) is 17.2 Å². The second-order valence-corrected chi connectivity index (χ2v) is 5.82. The number of nitrogens with one attached hydrogen (secondary N) is 1. The van der Waals surface area contributed by atoms with Crippen molar-refractivity contribution in [1.29, 1.82) is 0 Å². The van der Waals surface area contributed by atoms with Crippen LogP contribution in [0.2, 0.25) is 0 Å². The quantitative estimate of drug-likeness (QED) is 0.912. The number of hydrogen-bond acceptors (Lipinski definition) is 2. The van der Waals surface area contributed by atoms with Gasteiger partial charge in [0.15, 0.2) is 0 Å². The molecule has 2 atom stereocenters. The number of imidazole rings is 1. The molecule has 1 aliphatic rings. The fourth-order valence-corrected chi connectivity index (χ4v) is 3.15. The molecule has 1 fully saturated rings. The smallest absolute Gasteiger partial charge is 0.270 e. The van der Waals surface area contributed by atoms with E-state index in [0.29, 0.717) is 17.7 Å². The van der Waals surface area contributed by atoms with Gasteiger partial charge in [0, 0.05) is 12.2 Å². The molecule has 1 N–H and O–H groups in total. The zero-order valence-corrected chi connectivity index (χ0v) is 12.1. The molecule has 1 aliphatic carbocycles. The predicted molar refractivity (Wildman–Crippen MR) is 78.8 cm³/mol. The standard InChI is InChI=1S/C16H21N3O/c1-11-7-3-4-8-13(11)18-16(20)15-12(2)17-14-9-5-6-10-19(14)15/h5-6,9-11,13H,3-4,7-8H2,1-2H3,(H,18,20). The van der Waals surface area contributed by atoms with Crippen molar-refractivity contribution >= 4 is 11.6 Å². The number of aryl methyl sites for hydroxylation is 1. The van der Waals surface area contributed by atoms with Crippen molar-refractivity contribution in [3.8, 4) is 0 Å². The second kappa shape index (κ2) is 5.27. The van der Waals surface area contributed by atoms with Gasteiger partial charge < -0.3 is 5.32 Å². The third kappa shape index (κ3) is 2.30. The van der Waals surface area contributed by atoms with Gasteiger partial charge in [-0.25, -0.2) is 4.98 Å². The minimum absolute atomic E-state index is 0.0000463. The number of carbonyl (C=O) groups is 1. The molecule has 2 aromatic heterocycles. The van der Waals surface area contributed by atoms with Gasteiger partial charge in [-0.1, -0.05) is 25.8 Å². The van der Waals surface area contributed by atoms with E-state index in [9.17, 15) is 4.79 Å². The lowest BCUT2D eigenvalue weighted by molar-refractivity contribution is 0.0903. The SMILES string of the molecule is Cc1nc2ccccn2c1C(=O)NC1CCCCC1C. The van der Waals surface area contributed by atoms with E-state index in [-0.39, 0.29) is 5.91 Å². The first-order valence-electron chi connectivity index (χ1n) is 7.41. The van der Waals surface area contributed by atoms with Gasteiger partial charge >= 0.3 is 0 Å². The molecule has 2 heterocycles. The van der Waals surface area contributed by atoms with Crippen molar-refractivity contribution in [3.05, 3.63) is 35.8 Å². The van der Waals surface area contributed by atoms with Crippen LogP contribution in [0.3, 0.4) is 0 Å². The molecule has 4 heteroatoms. The summed E-state index contributed by atoms with van der Waals surface area (Å²) in [5.41, 5.74) is 2.28. The summed E-state index contributed by atoms with van der Waals surface area (Å²) in [4.78, 5) is 17.0. The summed E-state index contributed by atoms with van der Waals surface area (Å²) in [5.74, 6) is 0.562. The zero-order valence-electron chi connectivity index (χ0n) is 12.1. The molecule has 2 unspecified atom stereocenters. The molecule has 0 radical (unpaired) electrons. The highest BCUT2D eigenvalue weighted by atomic mass is 16.2. The molecular weight excluding hydrogens is 250 g/mol. The van der Waals surface area contributed by atoms with Gasteiger partial charge in [-0.05, 0) is 37.8 Å². The van der Waals surface area contributed by atoms with E-state index >= 15 is 0 Å². The fourth-order valence-electron chi connectivity index (χ4n) is 3.15. The van der Waals surface area contributed by atoms with E-state index < -0.39 is 0 Å². The molecule has 0 saturated heterocycles. The maximum absolute atomic E-state index is 12.6. The Morgan fingerprint density at radius 3 is 2.95 bits per heavy atom. The Hall–Kier alpha value is -1.84. The Bertz CT molecular complexity index is 632. The van der Waals surface area contributed by atoms with E-state index in [1.54, 1.807) is 0 Å². The summed E-state index contributed by atoms with van der Waals surface area (Å²) < 4.78 is 1.87. The maximum atomic E-state index is 12.6. The lowest BCUT2D eigenvalue weighted by Crippen LogP contribution is -2.41. The molecule has 0 spiro atoms. The lowest BCUT2D eigenvalue weighted by atomic mass is 9.86. The van der Waals surface area contributed by atoms with Crippen LogP contribution < -0.4 is 5.32 Å². The van der Waals surface area contributed by atoms with Crippen LogP contribution in [0, 0.1) is 12.8 Å². The highest BCUT2D eigenvalue weighted by Crippen LogP contribution is 2.24. The molecule has 0 aromatic carbocycles. The monoisotopic (exact) mass is 271 g/mol. The normalized spacial score (nSPS) is 22.9. The molecule has 106 valence electrons. The fraction of sp³-hybridized carbons (Fsp3) is 0.500. The highest BCUT2D eigenvalue weighted by Gasteiger charge is 2.25. The molecule has 3 rings (SSSR count). The third-order valence-electron chi connectivity index (χ3n) is 4.35. The van der Waals surface area contributed by atoms with Crippen LogP contribution in [-0.2, 0) is 0 Å². The number of aromatic nitrogens is 2. The van der Waals surface area contributed by atoms with E-state index in [1.165, 1.54) is 19.3 Å². The number of pyridine rings is 1. The summed E-state index contributed by atoms with van der Waals surface area (Å²) in [7, 11) is 0. The first-order chi connectivity index (χ1) is 9.66. The van der Waals surface area contributed by atoms with Crippen LogP contribution in [0.25, 0.3) is 5.65 Å². The van der Waals surface area contributed by atoms with Crippen molar-refractivity contribution < 1.29 is 4.79 Å². The molecule has 20 heavy (non-hydrogen) atoms. The summed E-state index contributed by atoms with van der Waals surface area (Å²) in [6.45, 7) is 4.12. The molecular formula is C16H21N3O. The number of fused-ring (bicyclic) bond motifs is 1. The van der Waals surface area contributed by atoms with Gasteiger partial charge in [0.2, 0.25) is 0 Å². The van der Waals surface area contributed by atoms with Crippen molar-refractivity contribution in [3.63, 3.8) is 0 Å². The molecule has 1 amide bonds. The van der Waals surface area contributed by atoms with Gasteiger partial charge in [-0.15, -0.1) is 0 Å². The predicted octanol–water partition coefficient (Wildman–Crippen LogP) is 2.95. The summed E-state index contributed by atoms with van der Waals surface area (Å²) in [6, 6.07) is 6.08. The number of amides is 1. The van der Waals surface area contributed by atoms with Crippen molar-refractivity contribution in [2.24, 2.45) is 5.92 Å². The molecule has 0 aliphatic heterocycles. The van der Waals surface area contributed by atoms with Gasteiger partial charge in [-0.2, -0.15) is 0 Å². The molecule has 1 saturated carbocycles. The zero-order chi connectivity index (χ0) is 14.1. The molecule has 4 nitrogen and oxygen atoms in total. The van der Waals surface area contributed by atoms with Crippen LogP contribution >= 0.6 is 0 Å². The maximum Gasteiger partial charge on any atom is 0.270 e. The summed E-state index contributed by atoms with van der Waals surface area (Å²) in [6.07, 6.45) is 6.68.